The van der Waals surface area contributed by atoms with Crippen molar-refractivity contribution in [3.63, 3.8) is 0 Å². The number of benzene rings is 1. The second-order valence-electron chi connectivity index (χ2n) is 5.87. The molecule has 0 saturated heterocycles. The maximum Gasteiger partial charge on any atom is 0.242 e. The minimum Gasteiger partial charge on any atom is -0.295 e. The molecular weight excluding hydrogens is 286 g/mol. The first-order valence-electron chi connectivity index (χ1n) is 7.48. The molecule has 0 amide bonds. The van der Waals surface area contributed by atoms with Gasteiger partial charge < -0.3 is 0 Å². The van der Waals surface area contributed by atoms with Gasteiger partial charge in [-0.2, -0.15) is 0 Å². The van der Waals surface area contributed by atoms with Gasteiger partial charge in [-0.15, -0.1) is 0 Å². The molecule has 0 atom stereocenters. The highest BCUT2D eigenvalue weighted by Gasteiger charge is 2.24. The van der Waals surface area contributed by atoms with Crippen LogP contribution in [-0.4, -0.2) is 32.1 Å². The van der Waals surface area contributed by atoms with Crippen molar-refractivity contribution in [2.75, 3.05) is 13.6 Å². The zero-order valence-corrected chi connectivity index (χ0v) is 13.5. The molecular formula is C16H23NO3S. The molecule has 1 aromatic rings. The SMILES string of the molecule is CC(=O)c1ccc(S(=O)(=O)N(C)CC2CCCCC2)cc1. The second-order valence-corrected chi connectivity index (χ2v) is 7.92. The zero-order valence-electron chi connectivity index (χ0n) is 12.7. The molecule has 1 fully saturated rings. The van der Waals surface area contributed by atoms with Crippen molar-refractivity contribution in [2.45, 2.75) is 43.9 Å². The molecule has 0 radical (unpaired) electrons. The summed E-state index contributed by atoms with van der Waals surface area (Å²) in [6, 6.07) is 6.18. The molecule has 4 nitrogen and oxygen atoms in total. The Balaban J connectivity index is 2.10. The fourth-order valence-corrected chi connectivity index (χ4v) is 4.12. The summed E-state index contributed by atoms with van der Waals surface area (Å²) in [7, 11) is -1.82. The van der Waals surface area contributed by atoms with Crippen molar-refractivity contribution < 1.29 is 13.2 Å². The van der Waals surface area contributed by atoms with Crippen LogP contribution < -0.4 is 0 Å². The molecule has 1 aromatic carbocycles. The molecule has 5 heteroatoms. The van der Waals surface area contributed by atoms with E-state index >= 15 is 0 Å². The van der Waals surface area contributed by atoms with E-state index in [1.807, 2.05) is 0 Å². The lowest BCUT2D eigenvalue weighted by Gasteiger charge is -2.26. The first-order valence-corrected chi connectivity index (χ1v) is 8.92. The Morgan fingerprint density at radius 3 is 2.24 bits per heavy atom. The minimum absolute atomic E-state index is 0.0606. The maximum absolute atomic E-state index is 12.5. The highest BCUT2D eigenvalue weighted by atomic mass is 32.2. The van der Waals surface area contributed by atoms with E-state index in [0.717, 1.165) is 12.8 Å². The van der Waals surface area contributed by atoms with E-state index in [9.17, 15) is 13.2 Å². The number of carbonyl (C=O) groups excluding carboxylic acids is 1. The quantitative estimate of drug-likeness (QED) is 0.785. The molecule has 21 heavy (non-hydrogen) atoms. The minimum atomic E-state index is -3.46. The molecule has 0 heterocycles. The number of hydrogen-bond donors (Lipinski definition) is 0. The number of sulfonamides is 1. The van der Waals surface area contributed by atoms with Gasteiger partial charge in [-0.25, -0.2) is 12.7 Å². The Morgan fingerprint density at radius 2 is 1.71 bits per heavy atom. The van der Waals surface area contributed by atoms with E-state index in [1.165, 1.54) is 42.6 Å². The third-order valence-electron chi connectivity index (χ3n) is 4.21. The molecule has 0 spiro atoms. The van der Waals surface area contributed by atoms with Crippen LogP contribution in [0.5, 0.6) is 0 Å². The van der Waals surface area contributed by atoms with E-state index in [0.29, 0.717) is 18.0 Å². The standard InChI is InChI=1S/C16H23NO3S/c1-13(18)15-8-10-16(11-9-15)21(19,20)17(2)12-14-6-4-3-5-7-14/h8-11,14H,3-7,12H2,1-2H3. The largest absolute Gasteiger partial charge is 0.295 e. The predicted molar refractivity (Wildman–Crippen MR) is 82.8 cm³/mol. The van der Waals surface area contributed by atoms with Crippen LogP contribution in [0.2, 0.25) is 0 Å². The van der Waals surface area contributed by atoms with Crippen molar-refractivity contribution in [2.24, 2.45) is 5.92 Å². The Labute approximate surface area is 127 Å². The van der Waals surface area contributed by atoms with E-state index in [1.54, 1.807) is 19.2 Å². The van der Waals surface area contributed by atoms with E-state index in [2.05, 4.69) is 0 Å². The van der Waals surface area contributed by atoms with Crippen LogP contribution in [0.3, 0.4) is 0 Å². The Kier molecular flexibility index (Phi) is 5.17. The predicted octanol–water partition coefficient (Wildman–Crippen LogP) is 3.09. The third-order valence-corrected chi connectivity index (χ3v) is 6.05. The number of rotatable bonds is 5. The van der Waals surface area contributed by atoms with Gasteiger partial charge in [-0.05, 0) is 37.8 Å². The Hall–Kier alpha value is -1.20. The molecule has 1 saturated carbocycles. The molecule has 0 aliphatic heterocycles. The third kappa shape index (κ3) is 3.92. The van der Waals surface area contributed by atoms with Crippen LogP contribution in [-0.2, 0) is 10.0 Å². The molecule has 0 aromatic heterocycles. The fourth-order valence-electron chi connectivity index (χ4n) is 2.87. The number of Topliss-reactive ketones (excluding diaryl/α,β-unsaturated/α-hetero) is 1. The highest BCUT2D eigenvalue weighted by molar-refractivity contribution is 7.89. The van der Waals surface area contributed by atoms with Crippen molar-refractivity contribution in [1.82, 2.24) is 4.31 Å². The van der Waals surface area contributed by atoms with Gasteiger partial charge in [-0.1, -0.05) is 31.4 Å². The smallest absolute Gasteiger partial charge is 0.242 e. The van der Waals surface area contributed by atoms with Gasteiger partial charge in [0.25, 0.3) is 0 Å². The van der Waals surface area contributed by atoms with Crippen LogP contribution in [0.4, 0.5) is 0 Å². The van der Waals surface area contributed by atoms with Crippen molar-refractivity contribution in [3.05, 3.63) is 29.8 Å². The maximum atomic E-state index is 12.5. The topological polar surface area (TPSA) is 54.5 Å². The average Bonchev–Trinajstić information content (AvgIpc) is 2.48. The molecule has 116 valence electrons. The van der Waals surface area contributed by atoms with Gasteiger partial charge in [0, 0.05) is 19.2 Å². The van der Waals surface area contributed by atoms with Gasteiger partial charge in [0.1, 0.15) is 0 Å². The summed E-state index contributed by atoms with van der Waals surface area (Å²) < 4.78 is 26.5. The summed E-state index contributed by atoms with van der Waals surface area (Å²) in [6.07, 6.45) is 5.89. The highest BCUT2D eigenvalue weighted by Crippen LogP contribution is 2.26. The number of hydrogen-bond acceptors (Lipinski definition) is 3. The molecule has 1 aliphatic carbocycles. The molecule has 2 rings (SSSR count). The molecule has 0 bridgehead atoms. The van der Waals surface area contributed by atoms with Crippen molar-refractivity contribution in [3.8, 4) is 0 Å². The van der Waals surface area contributed by atoms with Crippen LogP contribution in [0, 0.1) is 5.92 Å². The van der Waals surface area contributed by atoms with Crippen LogP contribution >= 0.6 is 0 Å². The van der Waals surface area contributed by atoms with Crippen molar-refractivity contribution >= 4 is 15.8 Å². The summed E-state index contributed by atoms with van der Waals surface area (Å²) in [4.78, 5) is 11.5. The second kappa shape index (κ2) is 6.71. The summed E-state index contributed by atoms with van der Waals surface area (Å²) in [5.74, 6) is 0.407. The molecule has 0 N–H and O–H groups in total. The first kappa shape index (κ1) is 16.2. The summed E-state index contributed by atoms with van der Waals surface area (Å²) in [5, 5.41) is 0. The van der Waals surface area contributed by atoms with Gasteiger partial charge in [0.2, 0.25) is 10.0 Å². The lowest BCUT2D eigenvalue weighted by molar-refractivity contribution is 0.101. The van der Waals surface area contributed by atoms with Crippen molar-refractivity contribution in [1.29, 1.82) is 0 Å². The van der Waals surface area contributed by atoms with Gasteiger partial charge in [0.05, 0.1) is 4.90 Å². The number of ketones is 1. The summed E-state index contributed by atoms with van der Waals surface area (Å²) in [5.41, 5.74) is 0.531. The summed E-state index contributed by atoms with van der Waals surface area (Å²) >= 11 is 0. The van der Waals surface area contributed by atoms with Gasteiger partial charge in [-0.3, -0.25) is 4.79 Å². The Bertz CT molecular complexity index is 586. The fraction of sp³-hybridized carbons (Fsp3) is 0.562. The van der Waals surface area contributed by atoms with E-state index in [-0.39, 0.29) is 10.7 Å². The van der Waals surface area contributed by atoms with Crippen LogP contribution in [0.15, 0.2) is 29.2 Å². The van der Waals surface area contributed by atoms with E-state index in [4.69, 9.17) is 0 Å². The van der Waals surface area contributed by atoms with Crippen LogP contribution in [0.1, 0.15) is 49.4 Å². The summed E-state index contributed by atoms with van der Waals surface area (Å²) in [6.45, 7) is 2.05. The monoisotopic (exact) mass is 309 g/mol. The number of nitrogens with zero attached hydrogens (tertiary/aromatic N) is 1. The van der Waals surface area contributed by atoms with E-state index < -0.39 is 10.0 Å². The zero-order chi connectivity index (χ0) is 15.5. The first-order chi connectivity index (χ1) is 9.91. The lowest BCUT2D eigenvalue weighted by Crippen LogP contribution is -2.32. The normalized spacial score (nSPS) is 17.1. The average molecular weight is 309 g/mol. The van der Waals surface area contributed by atoms with Crippen LogP contribution in [0.25, 0.3) is 0 Å². The lowest BCUT2D eigenvalue weighted by atomic mass is 9.89. The molecule has 0 unspecified atom stereocenters. The Morgan fingerprint density at radius 1 is 1.14 bits per heavy atom. The number of carbonyl (C=O) groups is 1. The molecule has 1 aliphatic rings. The van der Waals surface area contributed by atoms with Gasteiger partial charge in [0.15, 0.2) is 5.78 Å². The van der Waals surface area contributed by atoms with Gasteiger partial charge >= 0.3 is 0 Å².